The van der Waals surface area contributed by atoms with Gasteiger partial charge in [-0.05, 0) is 53.3 Å². The SMILES string of the molecule is CCCc1nc(-c2ccccc2C2CC2)[nH]c(=O)c1I. The molecule has 0 saturated heterocycles. The lowest BCUT2D eigenvalue weighted by Crippen LogP contribution is -2.16. The third-order valence-corrected chi connectivity index (χ3v) is 4.76. The Hall–Kier alpha value is -1.17. The molecule has 0 unspecified atom stereocenters. The Labute approximate surface area is 132 Å². The highest BCUT2D eigenvalue weighted by atomic mass is 127. The van der Waals surface area contributed by atoms with Crippen LogP contribution in [0.3, 0.4) is 0 Å². The number of hydrogen-bond donors (Lipinski definition) is 1. The van der Waals surface area contributed by atoms with E-state index < -0.39 is 0 Å². The second kappa shape index (κ2) is 5.68. The fourth-order valence-corrected chi connectivity index (χ4v) is 3.02. The molecule has 1 fully saturated rings. The monoisotopic (exact) mass is 380 g/mol. The number of H-pyrrole nitrogens is 1. The Bertz CT molecular complexity index is 689. The number of nitrogens with one attached hydrogen (secondary N) is 1. The molecule has 0 amide bonds. The van der Waals surface area contributed by atoms with E-state index in [1.54, 1.807) is 0 Å². The van der Waals surface area contributed by atoms with Gasteiger partial charge < -0.3 is 4.98 Å². The van der Waals surface area contributed by atoms with E-state index in [1.807, 2.05) is 6.07 Å². The van der Waals surface area contributed by atoms with Gasteiger partial charge in [-0.15, -0.1) is 0 Å². The van der Waals surface area contributed by atoms with Gasteiger partial charge in [-0.2, -0.15) is 0 Å². The van der Waals surface area contributed by atoms with Crippen molar-refractivity contribution in [2.75, 3.05) is 0 Å². The number of hydrogen-bond acceptors (Lipinski definition) is 2. The predicted octanol–water partition coefficient (Wildman–Crippen LogP) is 3.87. The first kappa shape index (κ1) is 13.8. The molecule has 4 heteroatoms. The zero-order valence-corrected chi connectivity index (χ0v) is 13.6. The molecule has 0 spiro atoms. The molecular weight excluding hydrogens is 363 g/mol. The van der Waals surface area contributed by atoms with Crippen LogP contribution in [-0.4, -0.2) is 9.97 Å². The van der Waals surface area contributed by atoms with Gasteiger partial charge in [0.1, 0.15) is 5.82 Å². The van der Waals surface area contributed by atoms with Crippen LogP contribution >= 0.6 is 22.6 Å². The number of aromatic nitrogens is 2. The second-order valence-electron chi connectivity index (χ2n) is 5.29. The number of nitrogens with zero attached hydrogens (tertiary/aromatic N) is 1. The van der Waals surface area contributed by atoms with Crippen molar-refractivity contribution >= 4 is 22.6 Å². The largest absolute Gasteiger partial charge is 0.306 e. The Kier molecular flexibility index (Phi) is 3.92. The molecule has 1 heterocycles. The molecular formula is C16H17IN2O. The predicted molar refractivity (Wildman–Crippen MR) is 89.0 cm³/mol. The van der Waals surface area contributed by atoms with Crippen molar-refractivity contribution in [1.82, 2.24) is 9.97 Å². The molecule has 0 bridgehead atoms. The lowest BCUT2D eigenvalue weighted by Gasteiger charge is -2.10. The van der Waals surface area contributed by atoms with Crippen molar-refractivity contribution in [2.24, 2.45) is 0 Å². The summed E-state index contributed by atoms with van der Waals surface area (Å²) in [6.45, 7) is 2.11. The molecule has 20 heavy (non-hydrogen) atoms. The summed E-state index contributed by atoms with van der Waals surface area (Å²) in [5.74, 6) is 1.37. The van der Waals surface area contributed by atoms with E-state index in [0.29, 0.717) is 5.92 Å². The van der Waals surface area contributed by atoms with Gasteiger partial charge in [-0.3, -0.25) is 4.79 Å². The molecule has 2 aromatic rings. The van der Waals surface area contributed by atoms with Gasteiger partial charge in [0, 0.05) is 5.56 Å². The molecule has 1 aromatic heterocycles. The first-order valence-corrected chi connectivity index (χ1v) is 8.16. The molecule has 1 saturated carbocycles. The Balaban J connectivity index is 2.12. The summed E-state index contributed by atoms with van der Waals surface area (Å²) in [4.78, 5) is 19.7. The Morgan fingerprint density at radius 1 is 1.35 bits per heavy atom. The highest BCUT2D eigenvalue weighted by Crippen LogP contribution is 2.43. The van der Waals surface area contributed by atoms with E-state index in [-0.39, 0.29) is 5.56 Å². The summed E-state index contributed by atoms with van der Waals surface area (Å²) in [6, 6.07) is 8.30. The minimum atomic E-state index is -0.0235. The molecule has 1 aliphatic rings. The highest BCUT2D eigenvalue weighted by Gasteiger charge is 2.26. The third-order valence-electron chi connectivity index (χ3n) is 3.65. The van der Waals surface area contributed by atoms with Crippen molar-refractivity contribution in [2.45, 2.75) is 38.5 Å². The van der Waals surface area contributed by atoms with Crippen LogP contribution in [0.1, 0.15) is 43.4 Å². The molecule has 0 atom stereocenters. The van der Waals surface area contributed by atoms with Gasteiger partial charge in [0.05, 0.1) is 9.26 Å². The summed E-state index contributed by atoms with van der Waals surface area (Å²) in [5.41, 5.74) is 3.29. The normalized spacial score (nSPS) is 14.5. The van der Waals surface area contributed by atoms with E-state index >= 15 is 0 Å². The van der Waals surface area contributed by atoms with Gasteiger partial charge in [0.2, 0.25) is 0 Å². The fraction of sp³-hybridized carbons (Fsp3) is 0.375. The van der Waals surface area contributed by atoms with Crippen molar-refractivity contribution in [3.63, 3.8) is 0 Å². The third kappa shape index (κ3) is 2.66. The molecule has 3 nitrogen and oxygen atoms in total. The summed E-state index contributed by atoms with van der Waals surface area (Å²) in [7, 11) is 0. The van der Waals surface area contributed by atoms with Gasteiger partial charge in [0.15, 0.2) is 0 Å². The lowest BCUT2D eigenvalue weighted by atomic mass is 10.0. The lowest BCUT2D eigenvalue weighted by molar-refractivity contribution is 0.859. The molecule has 1 aliphatic carbocycles. The Morgan fingerprint density at radius 3 is 2.80 bits per heavy atom. The van der Waals surface area contributed by atoms with Crippen LogP contribution < -0.4 is 5.56 Å². The molecule has 3 rings (SSSR count). The summed E-state index contributed by atoms with van der Waals surface area (Å²) in [6.07, 6.45) is 4.33. The smallest absolute Gasteiger partial charge is 0.264 e. The van der Waals surface area contributed by atoms with E-state index in [0.717, 1.165) is 33.5 Å². The molecule has 104 valence electrons. The van der Waals surface area contributed by atoms with Crippen LogP contribution in [0.4, 0.5) is 0 Å². The first-order chi connectivity index (χ1) is 9.70. The minimum absolute atomic E-state index is 0.0235. The summed E-state index contributed by atoms with van der Waals surface area (Å²) >= 11 is 2.09. The van der Waals surface area contributed by atoms with Crippen LogP contribution in [0, 0.1) is 3.57 Å². The van der Waals surface area contributed by atoms with Crippen LogP contribution in [0.25, 0.3) is 11.4 Å². The molecule has 1 aromatic carbocycles. The maximum Gasteiger partial charge on any atom is 0.264 e. The van der Waals surface area contributed by atoms with Crippen molar-refractivity contribution in [3.05, 3.63) is 49.4 Å². The maximum atomic E-state index is 12.1. The zero-order chi connectivity index (χ0) is 14.1. The van der Waals surface area contributed by atoms with Crippen molar-refractivity contribution in [1.29, 1.82) is 0 Å². The highest BCUT2D eigenvalue weighted by molar-refractivity contribution is 14.1. The van der Waals surface area contributed by atoms with Crippen LogP contribution in [0.2, 0.25) is 0 Å². The molecule has 0 radical (unpaired) electrons. The minimum Gasteiger partial charge on any atom is -0.306 e. The number of halogens is 1. The van der Waals surface area contributed by atoms with E-state index in [9.17, 15) is 4.79 Å². The van der Waals surface area contributed by atoms with Gasteiger partial charge >= 0.3 is 0 Å². The summed E-state index contributed by atoms with van der Waals surface area (Å²) < 4.78 is 0.720. The van der Waals surface area contributed by atoms with E-state index in [2.05, 4.69) is 52.7 Å². The molecule has 0 aliphatic heterocycles. The van der Waals surface area contributed by atoms with Crippen molar-refractivity contribution < 1.29 is 0 Å². The quantitative estimate of drug-likeness (QED) is 0.819. The number of rotatable bonds is 4. The van der Waals surface area contributed by atoms with Crippen LogP contribution in [0.15, 0.2) is 29.1 Å². The number of benzene rings is 1. The van der Waals surface area contributed by atoms with Crippen LogP contribution in [0.5, 0.6) is 0 Å². The number of aromatic amines is 1. The van der Waals surface area contributed by atoms with Gasteiger partial charge in [0.25, 0.3) is 5.56 Å². The first-order valence-electron chi connectivity index (χ1n) is 7.08. The van der Waals surface area contributed by atoms with E-state index in [4.69, 9.17) is 4.98 Å². The average molecular weight is 380 g/mol. The standard InChI is InChI=1S/C16H17IN2O/c1-2-5-13-14(17)16(20)19-15(18-13)12-7-4-3-6-11(12)10-8-9-10/h3-4,6-7,10H,2,5,8-9H2,1H3,(H,18,19,20). The van der Waals surface area contributed by atoms with Gasteiger partial charge in [-0.1, -0.05) is 37.6 Å². The topological polar surface area (TPSA) is 45.8 Å². The van der Waals surface area contributed by atoms with Crippen molar-refractivity contribution in [3.8, 4) is 11.4 Å². The fourth-order valence-electron chi connectivity index (χ4n) is 2.50. The van der Waals surface area contributed by atoms with Crippen LogP contribution in [-0.2, 0) is 6.42 Å². The maximum absolute atomic E-state index is 12.1. The molecule has 1 N–H and O–H groups in total. The van der Waals surface area contributed by atoms with E-state index in [1.165, 1.54) is 18.4 Å². The second-order valence-corrected chi connectivity index (χ2v) is 6.37. The zero-order valence-electron chi connectivity index (χ0n) is 11.4. The van der Waals surface area contributed by atoms with Gasteiger partial charge in [-0.25, -0.2) is 4.98 Å². The average Bonchev–Trinajstić information content (AvgIpc) is 3.28. The summed E-state index contributed by atoms with van der Waals surface area (Å²) in [5, 5.41) is 0. The number of aryl methyl sites for hydroxylation is 1. The Morgan fingerprint density at radius 2 is 2.10 bits per heavy atom.